The molecule has 5 aromatic carbocycles. The summed E-state index contributed by atoms with van der Waals surface area (Å²) < 4.78 is 2.39. The molecule has 4 aromatic heterocycles. The van der Waals surface area contributed by atoms with Crippen LogP contribution in [0, 0.1) is 6.92 Å². The van der Waals surface area contributed by atoms with E-state index >= 15 is 0 Å². The van der Waals surface area contributed by atoms with Gasteiger partial charge in [0.15, 0.2) is 0 Å². The Morgan fingerprint density at radius 2 is 1.09 bits per heavy atom. The van der Waals surface area contributed by atoms with Crippen molar-refractivity contribution in [1.29, 1.82) is 0 Å². The Bertz CT molecular complexity index is 2850. The zero-order valence-electron chi connectivity index (χ0n) is 29.9. The summed E-state index contributed by atoms with van der Waals surface area (Å²) in [6, 6.07) is 50.5. The van der Waals surface area contributed by atoms with Crippen LogP contribution in [0.4, 0.5) is 0 Å². The van der Waals surface area contributed by atoms with Gasteiger partial charge in [-0.05, 0) is 106 Å². The van der Waals surface area contributed by atoms with Gasteiger partial charge in [-0.25, -0.2) is 4.98 Å². The molecule has 0 bridgehead atoms. The average molecular weight is 681 g/mol. The highest BCUT2D eigenvalue weighted by Gasteiger charge is 2.35. The van der Waals surface area contributed by atoms with Crippen LogP contribution in [0.5, 0.6) is 0 Å². The zero-order valence-corrected chi connectivity index (χ0v) is 29.9. The molecule has 9 aromatic rings. The summed E-state index contributed by atoms with van der Waals surface area (Å²) >= 11 is 0. The van der Waals surface area contributed by atoms with Gasteiger partial charge in [-0.1, -0.05) is 104 Å². The summed E-state index contributed by atoms with van der Waals surface area (Å²) in [5, 5.41) is 2.33. The molecule has 53 heavy (non-hydrogen) atoms. The van der Waals surface area contributed by atoms with Crippen LogP contribution < -0.4 is 0 Å². The van der Waals surface area contributed by atoms with Crippen molar-refractivity contribution >= 4 is 21.8 Å². The summed E-state index contributed by atoms with van der Waals surface area (Å²) in [6.45, 7) is 6.79. The summed E-state index contributed by atoms with van der Waals surface area (Å²) in [7, 11) is 0. The number of benzene rings is 5. The lowest BCUT2D eigenvalue weighted by atomic mass is 9.82. The first-order valence-corrected chi connectivity index (χ1v) is 18.2. The van der Waals surface area contributed by atoms with Crippen molar-refractivity contribution in [1.82, 2.24) is 19.5 Å². The van der Waals surface area contributed by atoms with E-state index in [0.29, 0.717) is 0 Å². The Hall–Kier alpha value is -6.65. The lowest BCUT2D eigenvalue weighted by Crippen LogP contribution is -2.15. The Morgan fingerprint density at radius 3 is 1.87 bits per heavy atom. The van der Waals surface area contributed by atoms with Crippen LogP contribution in [0.3, 0.4) is 0 Å². The first kappa shape index (κ1) is 31.1. The maximum absolute atomic E-state index is 5.16. The predicted molar refractivity (Wildman–Crippen MR) is 218 cm³/mol. The van der Waals surface area contributed by atoms with Crippen molar-refractivity contribution in [3.05, 3.63) is 181 Å². The molecule has 1 aliphatic rings. The van der Waals surface area contributed by atoms with Crippen LogP contribution in [-0.4, -0.2) is 19.5 Å². The predicted octanol–water partition coefficient (Wildman–Crippen LogP) is 12.3. The molecule has 0 aliphatic heterocycles. The second kappa shape index (κ2) is 12.0. The topological polar surface area (TPSA) is 43.6 Å². The van der Waals surface area contributed by atoms with E-state index in [0.717, 1.165) is 55.7 Å². The first-order chi connectivity index (χ1) is 25.9. The van der Waals surface area contributed by atoms with Gasteiger partial charge in [-0.3, -0.25) is 9.97 Å². The van der Waals surface area contributed by atoms with E-state index in [2.05, 4.69) is 163 Å². The Kier molecular flexibility index (Phi) is 7.02. The zero-order chi connectivity index (χ0) is 35.7. The molecule has 0 radical (unpaired) electrons. The quantitative estimate of drug-likeness (QED) is 0.182. The number of hydrogen-bond acceptors (Lipinski definition) is 3. The van der Waals surface area contributed by atoms with Gasteiger partial charge in [0.1, 0.15) is 0 Å². The molecule has 0 spiro atoms. The van der Waals surface area contributed by atoms with Crippen LogP contribution in [0.25, 0.3) is 83.4 Å². The molecule has 4 heteroatoms. The number of pyridine rings is 3. The number of nitrogens with zero attached hydrogens (tertiary/aromatic N) is 4. The second-order valence-electron chi connectivity index (χ2n) is 14.7. The maximum atomic E-state index is 5.16. The smallest absolute Gasteiger partial charge is 0.0715 e. The summed E-state index contributed by atoms with van der Waals surface area (Å²) in [5.41, 5.74) is 18.7. The van der Waals surface area contributed by atoms with Crippen molar-refractivity contribution in [2.45, 2.75) is 26.2 Å². The lowest BCUT2D eigenvalue weighted by Gasteiger charge is -2.22. The Morgan fingerprint density at radius 1 is 0.472 bits per heavy atom. The molecule has 0 N–H and O–H groups in total. The van der Waals surface area contributed by atoms with Crippen molar-refractivity contribution in [3.8, 4) is 61.6 Å². The van der Waals surface area contributed by atoms with Gasteiger partial charge >= 0.3 is 0 Å². The second-order valence-corrected chi connectivity index (χ2v) is 14.7. The minimum atomic E-state index is -0.0698. The van der Waals surface area contributed by atoms with Crippen LogP contribution in [0.2, 0.25) is 0 Å². The van der Waals surface area contributed by atoms with E-state index in [1.807, 2.05) is 36.9 Å². The van der Waals surface area contributed by atoms with E-state index in [1.54, 1.807) is 0 Å². The molecule has 10 rings (SSSR count). The third-order valence-electron chi connectivity index (χ3n) is 11.1. The SMILES string of the molecule is Cc1ccc(-c2cc(-c3ccncc3)cc(-c3ccc(-c4ccc5c(c4)c4cnccc4n5-c4ccc5c(c4)C(C)(C)c4ccccc4-5)cc3)n2)cc1. The molecule has 0 amide bonds. The molecular weight excluding hydrogens is 645 g/mol. The lowest BCUT2D eigenvalue weighted by molar-refractivity contribution is 0.660. The largest absolute Gasteiger partial charge is 0.309 e. The van der Waals surface area contributed by atoms with E-state index in [4.69, 9.17) is 4.98 Å². The van der Waals surface area contributed by atoms with E-state index in [9.17, 15) is 0 Å². The van der Waals surface area contributed by atoms with Crippen molar-refractivity contribution in [2.24, 2.45) is 0 Å². The van der Waals surface area contributed by atoms with Crippen molar-refractivity contribution in [2.75, 3.05) is 0 Å². The standard InChI is InChI=1S/C49H36N4/c1-31-8-10-34(11-9-31)45-27-37(33-20-23-50-24-21-33)28-46(52-45)35-14-12-32(13-15-35)36-16-19-47-41(26-36)42-30-51-25-22-48(42)53(47)38-17-18-40-39-6-4-5-7-43(39)49(2,3)44(40)29-38/h4-30H,1-3H3. The first-order valence-electron chi connectivity index (χ1n) is 18.2. The van der Waals surface area contributed by atoms with Crippen molar-refractivity contribution < 1.29 is 0 Å². The number of aryl methyl sites for hydroxylation is 1. The summed E-state index contributed by atoms with van der Waals surface area (Å²) in [4.78, 5) is 14.0. The molecule has 4 heterocycles. The van der Waals surface area contributed by atoms with E-state index < -0.39 is 0 Å². The molecule has 0 unspecified atom stereocenters. The van der Waals surface area contributed by atoms with Gasteiger partial charge in [0.25, 0.3) is 0 Å². The van der Waals surface area contributed by atoms with Gasteiger partial charge in [0, 0.05) is 57.8 Å². The number of rotatable bonds is 5. The normalized spacial score (nSPS) is 13.0. The van der Waals surface area contributed by atoms with Gasteiger partial charge in [0.05, 0.1) is 22.4 Å². The maximum Gasteiger partial charge on any atom is 0.0715 e. The highest BCUT2D eigenvalue weighted by atomic mass is 15.0. The molecular formula is C49H36N4. The van der Waals surface area contributed by atoms with Gasteiger partial charge in [0.2, 0.25) is 0 Å². The third kappa shape index (κ3) is 5.09. The fourth-order valence-corrected chi connectivity index (χ4v) is 8.25. The van der Waals surface area contributed by atoms with Gasteiger partial charge in [-0.15, -0.1) is 0 Å². The summed E-state index contributed by atoms with van der Waals surface area (Å²) in [6.07, 6.45) is 7.57. The van der Waals surface area contributed by atoms with Crippen molar-refractivity contribution in [3.63, 3.8) is 0 Å². The molecule has 0 atom stereocenters. The third-order valence-corrected chi connectivity index (χ3v) is 11.1. The van der Waals surface area contributed by atoms with Gasteiger partial charge in [-0.2, -0.15) is 0 Å². The highest BCUT2D eigenvalue weighted by Crippen LogP contribution is 2.49. The molecule has 0 fully saturated rings. The molecule has 0 saturated heterocycles. The van der Waals surface area contributed by atoms with Crippen LogP contribution in [-0.2, 0) is 5.41 Å². The monoisotopic (exact) mass is 680 g/mol. The molecule has 0 saturated carbocycles. The minimum absolute atomic E-state index is 0.0698. The number of fused-ring (bicyclic) bond motifs is 6. The van der Waals surface area contributed by atoms with Gasteiger partial charge < -0.3 is 4.57 Å². The minimum Gasteiger partial charge on any atom is -0.309 e. The van der Waals surface area contributed by atoms with E-state index in [-0.39, 0.29) is 5.41 Å². The fraction of sp³-hybridized carbons (Fsp3) is 0.0816. The Labute approximate surface area is 309 Å². The number of hydrogen-bond donors (Lipinski definition) is 0. The van der Waals surface area contributed by atoms with E-state index in [1.165, 1.54) is 44.4 Å². The molecule has 1 aliphatic carbocycles. The summed E-state index contributed by atoms with van der Waals surface area (Å²) in [5.74, 6) is 0. The van der Waals surface area contributed by atoms with Crippen LogP contribution in [0.15, 0.2) is 164 Å². The van der Waals surface area contributed by atoms with Crippen LogP contribution in [0.1, 0.15) is 30.5 Å². The number of aromatic nitrogens is 4. The average Bonchev–Trinajstić information content (AvgIpc) is 3.66. The molecule has 4 nitrogen and oxygen atoms in total. The molecule has 252 valence electrons. The fourth-order valence-electron chi connectivity index (χ4n) is 8.25. The highest BCUT2D eigenvalue weighted by molar-refractivity contribution is 6.10. The Balaban J connectivity index is 1.04. The van der Waals surface area contributed by atoms with Crippen LogP contribution >= 0.6 is 0 Å².